The maximum atomic E-state index is 11.7. The molecule has 0 amide bonds. The van der Waals surface area contributed by atoms with Crippen LogP contribution in [-0.4, -0.2) is 13.1 Å². The Kier molecular flexibility index (Phi) is 2.19. The third-order valence-corrected chi connectivity index (χ3v) is 2.74. The molecule has 1 aromatic carbocycles. The summed E-state index contributed by atoms with van der Waals surface area (Å²) in [5.41, 5.74) is 0.186. The number of hydrogen-bond donors (Lipinski definition) is 0. The number of ether oxygens (including phenoxy) is 1. The van der Waals surface area contributed by atoms with E-state index >= 15 is 0 Å². The van der Waals surface area contributed by atoms with Crippen LogP contribution >= 0.6 is 0 Å². The predicted octanol–water partition coefficient (Wildman–Crippen LogP) is 2.33. The molecule has 0 aliphatic heterocycles. The molecule has 0 aliphatic carbocycles. The van der Waals surface area contributed by atoms with Crippen molar-refractivity contribution in [3.8, 4) is 0 Å². The standard InChI is InChI=1S/C13H8O5/c1-16-12(14)9-6-7-2-3-10-8(4-5-17-10)11(7)18-13(9)15/h2-6H,1H3. The molecule has 2 aromatic heterocycles. The Labute approximate surface area is 101 Å². The van der Waals surface area contributed by atoms with E-state index in [1.807, 2.05) is 0 Å². The van der Waals surface area contributed by atoms with E-state index in [1.165, 1.54) is 19.4 Å². The monoisotopic (exact) mass is 244 g/mol. The first kappa shape index (κ1) is 10.6. The first-order valence-electron chi connectivity index (χ1n) is 5.23. The second-order valence-electron chi connectivity index (χ2n) is 3.76. The summed E-state index contributed by atoms with van der Waals surface area (Å²) in [6.45, 7) is 0. The first-order valence-corrected chi connectivity index (χ1v) is 5.23. The SMILES string of the molecule is COC(=O)c1cc2ccc3occc3c2oc1=O. The van der Waals surface area contributed by atoms with Crippen molar-refractivity contribution in [2.45, 2.75) is 0 Å². The van der Waals surface area contributed by atoms with Gasteiger partial charge in [0.1, 0.15) is 16.7 Å². The summed E-state index contributed by atoms with van der Waals surface area (Å²) < 4.78 is 14.9. The highest BCUT2D eigenvalue weighted by molar-refractivity contribution is 6.03. The van der Waals surface area contributed by atoms with E-state index in [-0.39, 0.29) is 5.56 Å². The predicted molar refractivity (Wildman–Crippen MR) is 63.6 cm³/mol. The topological polar surface area (TPSA) is 69.7 Å². The second kappa shape index (κ2) is 3.73. The molecule has 3 rings (SSSR count). The minimum absolute atomic E-state index is 0.118. The van der Waals surface area contributed by atoms with Crippen LogP contribution in [0, 0.1) is 0 Å². The van der Waals surface area contributed by atoms with Gasteiger partial charge >= 0.3 is 11.6 Å². The number of methoxy groups -OCH3 is 1. The molecule has 0 bridgehead atoms. The van der Waals surface area contributed by atoms with Crippen LogP contribution in [0.2, 0.25) is 0 Å². The Hall–Kier alpha value is -2.56. The fraction of sp³-hybridized carbons (Fsp3) is 0.0769. The molecular weight excluding hydrogens is 236 g/mol. The number of esters is 1. The largest absolute Gasteiger partial charge is 0.465 e. The van der Waals surface area contributed by atoms with Crippen LogP contribution in [0.4, 0.5) is 0 Å². The van der Waals surface area contributed by atoms with Gasteiger partial charge in [0.25, 0.3) is 0 Å². The Morgan fingerprint density at radius 1 is 1.28 bits per heavy atom. The molecule has 0 saturated carbocycles. The summed E-state index contributed by atoms with van der Waals surface area (Å²) in [5, 5.41) is 1.34. The van der Waals surface area contributed by atoms with Gasteiger partial charge in [-0.15, -0.1) is 0 Å². The van der Waals surface area contributed by atoms with Gasteiger partial charge in [-0.05, 0) is 24.3 Å². The zero-order valence-electron chi connectivity index (χ0n) is 9.43. The Balaban J connectivity index is 2.41. The van der Waals surface area contributed by atoms with Crippen molar-refractivity contribution in [3.05, 3.63) is 46.5 Å². The highest BCUT2D eigenvalue weighted by atomic mass is 16.5. The number of benzene rings is 1. The minimum Gasteiger partial charge on any atom is -0.465 e. The lowest BCUT2D eigenvalue weighted by molar-refractivity contribution is 0.0596. The maximum Gasteiger partial charge on any atom is 0.351 e. The third kappa shape index (κ3) is 1.41. The molecule has 18 heavy (non-hydrogen) atoms. The summed E-state index contributed by atoms with van der Waals surface area (Å²) in [5.74, 6) is -0.710. The van der Waals surface area contributed by atoms with E-state index in [4.69, 9.17) is 8.83 Å². The molecule has 3 aromatic rings. The van der Waals surface area contributed by atoms with E-state index < -0.39 is 11.6 Å². The number of carbonyl (C=O) groups excluding carboxylic acids is 1. The van der Waals surface area contributed by atoms with Gasteiger partial charge < -0.3 is 13.6 Å². The van der Waals surface area contributed by atoms with E-state index in [0.717, 1.165) is 0 Å². The molecule has 0 spiro atoms. The van der Waals surface area contributed by atoms with Crippen molar-refractivity contribution in [3.63, 3.8) is 0 Å². The number of fused-ring (bicyclic) bond motifs is 3. The summed E-state index contributed by atoms with van der Waals surface area (Å²) in [6.07, 6.45) is 1.51. The Bertz CT molecular complexity index is 809. The molecule has 0 N–H and O–H groups in total. The average Bonchev–Trinajstić information content (AvgIpc) is 2.85. The molecule has 0 radical (unpaired) electrons. The fourth-order valence-electron chi connectivity index (χ4n) is 1.88. The van der Waals surface area contributed by atoms with Crippen molar-refractivity contribution in [1.29, 1.82) is 0 Å². The summed E-state index contributed by atoms with van der Waals surface area (Å²) >= 11 is 0. The average molecular weight is 244 g/mol. The molecule has 90 valence electrons. The molecular formula is C13H8O5. The van der Waals surface area contributed by atoms with Crippen LogP contribution in [0.1, 0.15) is 10.4 Å². The molecule has 5 nitrogen and oxygen atoms in total. The number of carbonyl (C=O) groups is 1. The molecule has 0 fully saturated rings. The molecule has 2 heterocycles. The first-order chi connectivity index (χ1) is 8.70. The fourth-order valence-corrected chi connectivity index (χ4v) is 1.88. The quantitative estimate of drug-likeness (QED) is 0.485. The number of hydrogen-bond acceptors (Lipinski definition) is 5. The van der Waals surface area contributed by atoms with E-state index in [9.17, 15) is 9.59 Å². The van der Waals surface area contributed by atoms with Crippen molar-refractivity contribution >= 4 is 27.9 Å². The lowest BCUT2D eigenvalue weighted by Gasteiger charge is -2.01. The minimum atomic E-state index is -0.719. The highest BCUT2D eigenvalue weighted by Crippen LogP contribution is 2.25. The smallest absolute Gasteiger partial charge is 0.351 e. The van der Waals surface area contributed by atoms with Gasteiger partial charge in [0.2, 0.25) is 0 Å². The van der Waals surface area contributed by atoms with Gasteiger partial charge in [-0.2, -0.15) is 0 Å². The van der Waals surface area contributed by atoms with Gasteiger partial charge in [-0.3, -0.25) is 0 Å². The van der Waals surface area contributed by atoms with Crippen molar-refractivity contribution in [2.75, 3.05) is 7.11 Å². The molecule has 0 saturated heterocycles. The molecule has 5 heteroatoms. The van der Waals surface area contributed by atoms with Gasteiger partial charge in [-0.25, -0.2) is 9.59 Å². The van der Waals surface area contributed by atoms with Gasteiger partial charge in [0, 0.05) is 5.39 Å². The molecule has 0 unspecified atom stereocenters. The normalized spacial score (nSPS) is 10.9. The lowest BCUT2D eigenvalue weighted by Crippen LogP contribution is -2.14. The number of rotatable bonds is 1. The summed E-state index contributed by atoms with van der Waals surface area (Å²) in [7, 11) is 1.21. The lowest BCUT2D eigenvalue weighted by atomic mass is 10.1. The van der Waals surface area contributed by atoms with Gasteiger partial charge in [0.05, 0.1) is 18.8 Å². The van der Waals surface area contributed by atoms with Crippen LogP contribution < -0.4 is 5.63 Å². The molecule has 0 atom stereocenters. The second-order valence-corrected chi connectivity index (χ2v) is 3.76. The third-order valence-electron chi connectivity index (χ3n) is 2.74. The van der Waals surface area contributed by atoms with E-state index in [0.29, 0.717) is 21.9 Å². The highest BCUT2D eigenvalue weighted by Gasteiger charge is 2.15. The van der Waals surface area contributed by atoms with Crippen LogP contribution in [0.15, 0.2) is 44.2 Å². The Morgan fingerprint density at radius 2 is 2.11 bits per heavy atom. The van der Waals surface area contributed by atoms with Crippen LogP contribution in [0.5, 0.6) is 0 Å². The molecule has 0 aliphatic rings. The van der Waals surface area contributed by atoms with Crippen LogP contribution in [0.3, 0.4) is 0 Å². The zero-order valence-corrected chi connectivity index (χ0v) is 9.43. The Morgan fingerprint density at radius 3 is 2.89 bits per heavy atom. The number of furan rings is 1. The van der Waals surface area contributed by atoms with Gasteiger partial charge in [0.15, 0.2) is 0 Å². The summed E-state index contributed by atoms with van der Waals surface area (Å²) in [4.78, 5) is 23.1. The van der Waals surface area contributed by atoms with Crippen LogP contribution in [0.25, 0.3) is 21.9 Å². The van der Waals surface area contributed by atoms with Crippen molar-refractivity contribution in [1.82, 2.24) is 0 Å². The summed E-state index contributed by atoms with van der Waals surface area (Å²) in [6, 6.07) is 6.63. The van der Waals surface area contributed by atoms with Crippen molar-refractivity contribution < 1.29 is 18.4 Å². The zero-order chi connectivity index (χ0) is 12.7. The van der Waals surface area contributed by atoms with E-state index in [1.54, 1.807) is 18.2 Å². The van der Waals surface area contributed by atoms with Crippen LogP contribution in [-0.2, 0) is 4.74 Å². The van der Waals surface area contributed by atoms with E-state index in [2.05, 4.69) is 4.74 Å². The van der Waals surface area contributed by atoms with Crippen molar-refractivity contribution in [2.24, 2.45) is 0 Å². The maximum absolute atomic E-state index is 11.7. The van der Waals surface area contributed by atoms with Gasteiger partial charge in [-0.1, -0.05) is 0 Å².